The van der Waals surface area contributed by atoms with Crippen LogP contribution >= 0.6 is 0 Å². The second-order valence-corrected chi connectivity index (χ2v) is 2.35. The van der Waals surface area contributed by atoms with E-state index in [0.717, 1.165) is 24.8 Å². The fourth-order valence-electron chi connectivity index (χ4n) is 0.879. The van der Waals surface area contributed by atoms with Gasteiger partial charge >= 0.3 is 0 Å². The van der Waals surface area contributed by atoms with Gasteiger partial charge in [0, 0.05) is 12.1 Å². The van der Waals surface area contributed by atoms with E-state index in [1.54, 1.807) is 6.20 Å². The number of nitrogens with two attached hydrogens (primary N) is 1. The summed E-state index contributed by atoms with van der Waals surface area (Å²) in [5.41, 5.74) is 6.34. The van der Waals surface area contributed by atoms with Crippen molar-refractivity contribution in [2.24, 2.45) is 0 Å². The monoisotopic (exact) mass is 153 g/mol. The molecule has 0 fully saturated rings. The van der Waals surface area contributed by atoms with Gasteiger partial charge < -0.3 is 15.5 Å². The van der Waals surface area contributed by atoms with Crippen LogP contribution in [0.1, 0.15) is 18.5 Å². The third kappa shape index (κ3) is 2.41. The molecule has 4 nitrogen and oxygen atoms in total. The van der Waals surface area contributed by atoms with Gasteiger partial charge in [0.1, 0.15) is 6.29 Å². The molecule has 11 heavy (non-hydrogen) atoms. The maximum Gasteiger partial charge on any atom is 0.197 e. The van der Waals surface area contributed by atoms with Gasteiger partial charge in [-0.3, -0.25) is 0 Å². The summed E-state index contributed by atoms with van der Waals surface area (Å²) in [5, 5.41) is 0. The summed E-state index contributed by atoms with van der Waals surface area (Å²) in [6.45, 7) is 0. The van der Waals surface area contributed by atoms with Crippen molar-refractivity contribution in [1.29, 1.82) is 0 Å². The number of hydrogen-bond donors (Lipinski definition) is 2. The number of H-pyrrole nitrogens is 1. The molecular weight excluding hydrogens is 142 g/mol. The summed E-state index contributed by atoms with van der Waals surface area (Å²) < 4.78 is 0. The van der Waals surface area contributed by atoms with Gasteiger partial charge in [0.05, 0.1) is 6.20 Å². The zero-order valence-electron chi connectivity index (χ0n) is 6.21. The third-order valence-electron chi connectivity index (χ3n) is 1.42. The van der Waals surface area contributed by atoms with E-state index >= 15 is 0 Å². The number of aryl methyl sites for hydroxylation is 1. The Kier molecular flexibility index (Phi) is 2.66. The van der Waals surface area contributed by atoms with Crippen molar-refractivity contribution in [3.63, 3.8) is 0 Å². The van der Waals surface area contributed by atoms with Gasteiger partial charge in [-0.05, 0) is 12.8 Å². The Labute approximate surface area is 64.8 Å². The van der Waals surface area contributed by atoms with Gasteiger partial charge in [-0.1, -0.05) is 0 Å². The fourth-order valence-corrected chi connectivity index (χ4v) is 0.879. The molecule has 0 radical (unpaired) electrons. The van der Waals surface area contributed by atoms with Crippen molar-refractivity contribution in [2.75, 3.05) is 5.73 Å². The number of nitrogens with zero attached hydrogens (tertiary/aromatic N) is 1. The van der Waals surface area contributed by atoms with Gasteiger partial charge in [0.25, 0.3) is 0 Å². The highest BCUT2D eigenvalue weighted by Gasteiger charge is 1.95. The molecule has 0 spiro atoms. The maximum absolute atomic E-state index is 9.95. The lowest BCUT2D eigenvalue weighted by atomic mass is 10.2. The lowest BCUT2D eigenvalue weighted by Crippen LogP contribution is -1.88. The maximum atomic E-state index is 9.95. The van der Waals surface area contributed by atoms with Crippen LogP contribution in [0.25, 0.3) is 0 Å². The number of anilines is 1. The fraction of sp³-hybridized carbons (Fsp3) is 0.429. The number of aromatic nitrogens is 2. The molecule has 0 aromatic carbocycles. The van der Waals surface area contributed by atoms with Crippen molar-refractivity contribution in [1.82, 2.24) is 9.97 Å². The highest BCUT2D eigenvalue weighted by Crippen LogP contribution is 2.02. The van der Waals surface area contributed by atoms with E-state index in [1.807, 2.05) is 0 Å². The Balaban J connectivity index is 2.32. The van der Waals surface area contributed by atoms with Gasteiger partial charge in [-0.2, -0.15) is 0 Å². The average Bonchev–Trinajstić information content (AvgIpc) is 2.37. The Morgan fingerprint density at radius 1 is 1.73 bits per heavy atom. The van der Waals surface area contributed by atoms with Crippen LogP contribution < -0.4 is 5.73 Å². The molecule has 0 unspecified atom stereocenters. The Hall–Kier alpha value is -1.32. The molecule has 0 aliphatic heterocycles. The van der Waals surface area contributed by atoms with Crippen molar-refractivity contribution in [3.05, 3.63) is 11.9 Å². The number of imidazole rings is 1. The van der Waals surface area contributed by atoms with E-state index in [4.69, 9.17) is 5.73 Å². The highest BCUT2D eigenvalue weighted by atomic mass is 16.1. The Bertz CT molecular complexity index is 231. The topological polar surface area (TPSA) is 71.8 Å². The molecule has 0 amide bonds. The number of carbonyl (C=O) groups excluding carboxylic acids is 1. The summed E-state index contributed by atoms with van der Waals surface area (Å²) in [6, 6.07) is 0. The number of rotatable bonds is 4. The average molecular weight is 153 g/mol. The van der Waals surface area contributed by atoms with Crippen molar-refractivity contribution < 1.29 is 4.79 Å². The van der Waals surface area contributed by atoms with E-state index < -0.39 is 0 Å². The lowest BCUT2D eigenvalue weighted by molar-refractivity contribution is -0.107. The summed E-state index contributed by atoms with van der Waals surface area (Å²) in [5.74, 6) is 0.436. The standard InChI is InChI=1S/C7H11N3O/c8-7-9-5-6(10-7)3-1-2-4-11/h4-5H,1-3H2,(H3,8,9,10). The minimum absolute atomic E-state index is 0.436. The first-order chi connectivity index (χ1) is 5.33. The summed E-state index contributed by atoms with van der Waals surface area (Å²) in [6.07, 6.45) is 4.90. The van der Waals surface area contributed by atoms with Crippen molar-refractivity contribution in [2.45, 2.75) is 19.3 Å². The minimum Gasteiger partial charge on any atom is -0.369 e. The number of hydrogen-bond acceptors (Lipinski definition) is 3. The number of nitrogens with one attached hydrogen (secondary N) is 1. The molecular formula is C7H11N3O. The smallest absolute Gasteiger partial charge is 0.197 e. The second kappa shape index (κ2) is 3.75. The molecule has 0 aliphatic carbocycles. The number of unbranched alkanes of at least 4 members (excludes halogenated alkanes) is 1. The van der Waals surface area contributed by atoms with E-state index in [9.17, 15) is 4.79 Å². The van der Waals surface area contributed by atoms with Crippen LogP contribution in [0.15, 0.2) is 6.20 Å². The second-order valence-electron chi connectivity index (χ2n) is 2.35. The lowest BCUT2D eigenvalue weighted by Gasteiger charge is -1.90. The molecule has 0 atom stereocenters. The van der Waals surface area contributed by atoms with Crippen LogP contribution in [-0.2, 0) is 11.2 Å². The third-order valence-corrected chi connectivity index (χ3v) is 1.42. The molecule has 0 saturated carbocycles. The number of nitrogen functional groups attached to an aromatic ring is 1. The highest BCUT2D eigenvalue weighted by molar-refractivity contribution is 5.49. The van der Waals surface area contributed by atoms with E-state index in [0.29, 0.717) is 12.4 Å². The number of aldehydes is 1. The van der Waals surface area contributed by atoms with Crippen LogP contribution in [-0.4, -0.2) is 16.3 Å². The Morgan fingerprint density at radius 3 is 3.09 bits per heavy atom. The molecule has 1 heterocycles. The minimum atomic E-state index is 0.436. The number of aromatic amines is 1. The predicted molar refractivity (Wildman–Crippen MR) is 42.0 cm³/mol. The van der Waals surface area contributed by atoms with E-state index in [1.165, 1.54) is 0 Å². The number of carbonyl (C=O) groups is 1. The summed E-state index contributed by atoms with van der Waals surface area (Å²) >= 11 is 0. The first-order valence-corrected chi connectivity index (χ1v) is 3.56. The van der Waals surface area contributed by atoms with Gasteiger partial charge in [-0.15, -0.1) is 0 Å². The van der Waals surface area contributed by atoms with Gasteiger partial charge in [0.15, 0.2) is 5.95 Å². The Morgan fingerprint density at radius 2 is 2.55 bits per heavy atom. The van der Waals surface area contributed by atoms with Crippen LogP contribution in [0.2, 0.25) is 0 Å². The van der Waals surface area contributed by atoms with E-state index in [2.05, 4.69) is 9.97 Å². The molecule has 3 N–H and O–H groups in total. The first kappa shape index (κ1) is 7.78. The molecule has 0 bridgehead atoms. The van der Waals surface area contributed by atoms with Crippen LogP contribution in [0.4, 0.5) is 5.95 Å². The van der Waals surface area contributed by atoms with Crippen molar-refractivity contribution in [3.8, 4) is 0 Å². The molecule has 0 aliphatic rings. The van der Waals surface area contributed by atoms with Crippen LogP contribution in [0.5, 0.6) is 0 Å². The SMILES string of the molecule is Nc1ncc(CCCC=O)[nH]1. The molecule has 4 heteroatoms. The predicted octanol–water partition coefficient (Wildman–Crippen LogP) is 0.513. The molecule has 1 aromatic heterocycles. The zero-order chi connectivity index (χ0) is 8.10. The van der Waals surface area contributed by atoms with Crippen LogP contribution in [0, 0.1) is 0 Å². The first-order valence-electron chi connectivity index (χ1n) is 3.56. The van der Waals surface area contributed by atoms with Crippen molar-refractivity contribution >= 4 is 12.2 Å². The quantitative estimate of drug-likeness (QED) is 0.489. The zero-order valence-corrected chi connectivity index (χ0v) is 6.21. The van der Waals surface area contributed by atoms with E-state index in [-0.39, 0.29) is 0 Å². The molecule has 60 valence electrons. The van der Waals surface area contributed by atoms with Crippen LogP contribution in [0.3, 0.4) is 0 Å². The summed E-state index contributed by atoms with van der Waals surface area (Å²) in [7, 11) is 0. The largest absolute Gasteiger partial charge is 0.369 e. The normalized spacial score (nSPS) is 9.82. The molecule has 1 rings (SSSR count). The molecule has 1 aromatic rings. The molecule has 0 saturated heterocycles. The van der Waals surface area contributed by atoms with Gasteiger partial charge in [-0.25, -0.2) is 4.98 Å². The summed E-state index contributed by atoms with van der Waals surface area (Å²) in [4.78, 5) is 16.7. The van der Waals surface area contributed by atoms with Gasteiger partial charge in [0.2, 0.25) is 0 Å².